The predicted octanol–water partition coefficient (Wildman–Crippen LogP) is 2.33. The fourth-order valence-electron chi connectivity index (χ4n) is 0.869. The Labute approximate surface area is 87.0 Å². The number of hydrogen-bond acceptors (Lipinski definition) is 4. The minimum absolute atomic E-state index is 0.320. The largest absolute Gasteiger partial charge is 0.496 e. The molecule has 0 atom stereocenters. The Morgan fingerprint density at radius 3 is 3.00 bits per heavy atom. The first-order valence-corrected chi connectivity index (χ1v) is 5.11. The van der Waals surface area contributed by atoms with Crippen LogP contribution >= 0.6 is 11.3 Å². The van der Waals surface area contributed by atoms with Gasteiger partial charge in [0, 0.05) is 16.3 Å². The molecule has 0 bridgehead atoms. The maximum Gasteiger partial charge on any atom is 0.330 e. The van der Waals surface area contributed by atoms with Gasteiger partial charge >= 0.3 is 5.97 Å². The van der Waals surface area contributed by atoms with Gasteiger partial charge in [-0.2, -0.15) is 0 Å². The summed E-state index contributed by atoms with van der Waals surface area (Å²) in [7, 11) is 1.61. The predicted molar refractivity (Wildman–Crippen MR) is 56.5 cm³/mol. The molecule has 76 valence electrons. The smallest absolute Gasteiger partial charge is 0.330 e. The lowest BCUT2D eigenvalue weighted by atomic mass is 10.4. The highest BCUT2D eigenvalue weighted by molar-refractivity contribution is 7.11. The van der Waals surface area contributed by atoms with Gasteiger partial charge in [0.25, 0.3) is 0 Å². The number of carbonyl (C=O) groups is 1. The third kappa shape index (κ3) is 3.22. The van der Waals surface area contributed by atoms with E-state index in [9.17, 15) is 4.79 Å². The summed E-state index contributed by atoms with van der Waals surface area (Å²) >= 11 is 1.51. The number of ether oxygens (including phenoxy) is 2. The average Bonchev–Trinajstić information content (AvgIpc) is 2.63. The first-order chi connectivity index (χ1) is 6.76. The van der Waals surface area contributed by atoms with E-state index in [0.717, 1.165) is 10.6 Å². The highest BCUT2D eigenvalue weighted by Gasteiger charge is 1.97. The molecule has 0 amide bonds. The van der Waals surface area contributed by atoms with Gasteiger partial charge in [-0.3, -0.25) is 0 Å². The normalized spacial score (nSPS) is 10.4. The first kappa shape index (κ1) is 10.8. The van der Waals surface area contributed by atoms with Gasteiger partial charge in [0.2, 0.25) is 0 Å². The van der Waals surface area contributed by atoms with Crippen molar-refractivity contribution in [1.82, 2.24) is 0 Å². The Balaban J connectivity index is 2.55. The quantitative estimate of drug-likeness (QED) is 0.567. The fraction of sp³-hybridized carbons (Fsp3) is 0.300. The van der Waals surface area contributed by atoms with Crippen molar-refractivity contribution in [2.45, 2.75) is 6.92 Å². The van der Waals surface area contributed by atoms with Gasteiger partial charge in [-0.15, -0.1) is 11.3 Å². The van der Waals surface area contributed by atoms with Gasteiger partial charge in [0.15, 0.2) is 0 Å². The molecule has 1 aromatic rings. The Bertz CT molecular complexity index is 328. The maximum atomic E-state index is 11.0. The molecule has 4 heteroatoms. The molecule has 1 heterocycles. The molecule has 0 spiro atoms. The Morgan fingerprint density at radius 1 is 1.64 bits per heavy atom. The fourth-order valence-corrected chi connectivity index (χ4v) is 1.62. The minimum atomic E-state index is -0.320. The molecule has 3 nitrogen and oxygen atoms in total. The summed E-state index contributed by atoms with van der Waals surface area (Å²) in [5.41, 5.74) is 0. The lowest BCUT2D eigenvalue weighted by molar-refractivity contribution is -0.137. The van der Waals surface area contributed by atoms with Crippen molar-refractivity contribution in [3.63, 3.8) is 0 Å². The average molecular weight is 212 g/mol. The second kappa shape index (κ2) is 5.44. The number of thiophene rings is 1. The maximum absolute atomic E-state index is 11.0. The number of hydrogen-bond donors (Lipinski definition) is 0. The van der Waals surface area contributed by atoms with Crippen molar-refractivity contribution in [1.29, 1.82) is 0 Å². The zero-order chi connectivity index (χ0) is 10.4. The summed E-state index contributed by atoms with van der Waals surface area (Å²) < 4.78 is 9.75. The zero-order valence-electron chi connectivity index (χ0n) is 8.15. The number of esters is 1. The molecule has 0 aliphatic carbocycles. The summed E-state index contributed by atoms with van der Waals surface area (Å²) in [5.74, 6) is 0.485. The van der Waals surface area contributed by atoms with Gasteiger partial charge in [-0.05, 0) is 19.1 Å². The number of carbonyl (C=O) groups excluding carboxylic acids is 1. The summed E-state index contributed by atoms with van der Waals surface area (Å²) in [6.07, 6.45) is 3.12. The van der Waals surface area contributed by atoms with E-state index in [1.54, 1.807) is 20.1 Å². The monoisotopic (exact) mass is 212 g/mol. The topological polar surface area (TPSA) is 35.5 Å². The van der Waals surface area contributed by atoms with Crippen LogP contribution in [0, 0.1) is 0 Å². The molecular weight excluding hydrogens is 200 g/mol. The van der Waals surface area contributed by atoms with Crippen LogP contribution in [-0.4, -0.2) is 19.7 Å². The summed E-state index contributed by atoms with van der Waals surface area (Å²) in [6.45, 7) is 2.18. The lowest BCUT2D eigenvalue weighted by Gasteiger charge is -1.93. The molecule has 0 aromatic carbocycles. The van der Waals surface area contributed by atoms with Crippen molar-refractivity contribution in [2.24, 2.45) is 0 Å². The minimum Gasteiger partial charge on any atom is -0.496 e. The lowest BCUT2D eigenvalue weighted by Crippen LogP contribution is -1.98. The molecule has 14 heavy (non-hydrogen) atoms. The van der Waals surface area contributed by atoms with Crippen molar-refractivity contribution >= 4 is 23.4 Å². The van der Waals surface area contributed by atoms with E-state index < -0.39 is 0 Å². The number of rotatable bonds is 4. The van der Waals surface area contributed by atoms with E-state index in [-0.39, 0.29) is 5.97 Å². The first-order valence-electron chi connectivity index (χ1n) is 4.23. The summed E-state index contributed by atoms with van der Waals surface area (Å²) in [6, 6.07) is 1.86. The van der Waals surface area contributed by atoms with E-state index in [1.165, 1.54) is 17.4 Å². The molecule has 0 radical (unpaired) electrons. The van der Waals surface area contributed by atoms with Gasteiger partial charge in [0.05, 0.1) is 13.7 Å². The van der Waals surface area contributed by atoms with E-state index in [2.05, 4.69) is 0 Å². The Kier molecular flexibility index (Phi) is 4.19. The third-order valence-electron chi connectivity index (χ3n) is 1.50. The molecule has 0 saturated carbocycles. The van der Waals surface area contributed by atoms with Crippen molar-refractivity contribution in [3.05, 3.63) is 22.4 Å². The van der Waals surface area contributed by atoms with E-state index in [1.807, 2.05) is 11.4 Å². The van der Waals surface area contributed by atoms with Crippen molar-refractivity contribution in [2.75, 3.05) is 13.7 Å². The Morgan fingerprint density at radius 2 is 2.43 bits per heavy atom. The molecule has 0 fully saturated rings. The molecule has 1 rings (SSSR count). The van der Waals surface area contributed by atoms with Crippen LogP contribution in [0.5, 0.6) is 5.75 Å². The van der Waals surface area contributed by atoms with Crippen LogP contribution in [0.3, 0.4) is 0 Å². The van der Waals surface area contributed by atoms with Crippen LogP contribution in [-0.2, 0) is 9.53 Å². The molecule has 0 saturated heterocycles. The molecule has 1 aromatic heterocycles. The van der Waals surface area contributed by atoms with Gasteiger partial charge in [-0.25, -0.2) is 4.79 Å². The molecule has 0 unspecified atom stereocenters. The van der Waals surface area contributed by atoms with Crippen LogP contribution < -0.4 is 4.74 Å². The molecule has 0 N–H and O–H groups in total. The second-order valence-electron chi connectivity index (χ2n) is 2.47. The van der Waals surface area contributed by atoms with Crippen LogP contribution in [0.25, 0.3) is 6.08 Å². The van der Waals surface area contributed by atoms with Crippen LogP contribution in [0.15, 0.2) is 17.5 Å². The number of methoxy groups -OCH3 is 1. The summed E-state index contributed by atoms with van der Waals surface area (Å²) in [5, 5.41) is 1.88. The zero-order valence-corrected chi connectivity index (χ0v) is 8.97. The SMILES string of the molecule is CCOC(=O)C=Cc1cc(OC)cs1. The molecular formula is C10H12O3S. The third-order valence-corrected chi connectivity index (χ3v) is 2.38. The molecule has 0 aliphatic heterocycles. The van der Waals surface area contributed by atoms with Gasteiger partial charge in [-0.1, -0.05) is 0 Å². The van der Waals surface area contributed by atoms with Crippen LogP contribution in [0.2, 0.25) is 0 Å². The van der Waals surface area contributed by atoms with Gasteiger partial charge < -0.3 is 9.47 Å². The molecule has 0 aliphatic rings. The standard InChI is InChI=1S/C10H12O3S/c1-3-13-10(11)5-4-9-6-8(12-2)7-14-9/h4-7H,3H2,1-2H3. The summed E-state index contributed by atoms with van der Waals surface area (Å²) in [4.78, 5) is 11.9. The Hall–Kier alpha value is -1.29. The van der Waals surface area contributed by atoms with Crippen molar-refractivity contribution < 1.29 is 14.3 Å². The van der Waals surface area contributed by atoms with Crippen LogP contribution in [0.4, 0.5) is 0 Å². The van der Waals surface area contributed by atoms with E-state index in [4.69, 9.17) is 9.47 Å². The highest BCUT2D eigenvalue weighted by atomic mass is 32.1. The van der Waals surface area contributed by atoms with E-state index >= 15 is 0 Å². The second-order valence-corrected chi connectivity index (χ2v) is 3.42. The van der Waals surface area contributed by atoms with E-state index in [0.29, 0.717) is 6.61 Å². The van der Waals surface area contributed by atoms with Gasteiger partial charge in [0.1, 0.15) is 5.75 Å². The highest BCUT2D eigenvalue weighted by Crippen LogP contribution is 2.21. The van der Waals surface area contributed by atoms with Crippen molar-refractivity contribution in [3.8, 4) is 5.75 Å². The van der Waals surface area contributed by atoms with Crippen LogP contribution in [0.1, 0.15) is 11.8 Å².